The van der Waals surface area contributed by atoms with E-state index in [9.17, 15) is 14.4 Å². The first-order valence-electron chi connectivity index (χ1n) is 8.36. The highest BCUT2D eigenvalue weighted by Crippen LogP contribution is 2.27. The molecular weight excluding hydrogens is 361 g/mol. The molecule has 2 aromatic heterocycles. The van der Waals surface area contributed by atoms with Crippen LogP contribution >= 0.6 is 0 Å². The Bertz CT molecular complexity index is 1110. The minimum absolute atomic E-state index is 0.0183. The van der Waals surface area contributed by atoms with Crippen molar-refractivity contribution in [3.05, 3.63) is 64.6 Å². The summed E-state index contributed by atoms with van der Waals surface area (Å²) in [6.07, 6.45) is 1.29. The Morgan fingerprint density at radius 2 is 1.93 bits per heavy atom. The topological polar surface area (TPSA) is 112 Å². The van der Waals surface area contributed by atoms with Crippen molar-refractivity contribution in [2.45, 2.75) is 26.9 Å². The van der Waals surface area contributed by atoms with Gasteiger partial charge in [-0.1, -0.05) is 12.1 Å². The van der Waals surface area contributed by atoms with Gasteiger partial charge in [-0.15, -0.1) is 10.2 Å². The van der Waals surface area contributed by atoms with Crippen LogP contribution in [0.2, 0.25) is 0 Å². The van der Waals surface area contributed by atoms with E-state index < -0.39 is 5.91 Å². The average Bonchev–Trinajstić information content (AvgIpc) is 3.21. The highest BCUT2D eigenvalue weighted by atomic mass is 19.1. The number of rotatable bonds is 5. The minimum atomic E-state index is -0.425. The number of carbonyl (C=O) groups excluding carboxylic acids is 1. The third kappa shape index (κ3) is 3.60. The molecule has 1 amide bonds. The SMILES string of the molecule is Cc1c(C#N)c(NC(=O)Cn2cnnc2C#N)n(Cc2ccc(F)cc2)c1C. The van der Waals surface area contributed by atoms with Gasteiger partial charge in [-0.2, -0.15) is 10.5 Å². The van der Waals surface area contributed by atoms with E-state index in [-0.39, 0.29) is 18.2 Å². The molecule has 0 radical (unpaired) electrons. The van der Waals surface area contributed by atoms with Crippen LogP contribution in [0, 0.1) is 42.3 Å². The number of nitrogens with one attached hydrogen (secondary N) is 1. The molecule has 28 heavy (non-hydrogen) atoms. The van der Waals surface area contributed by atoms with Crippen LogP contribution in [0.3, 0.4) is 0 Å². The van der Waals surface area contributed by atoms with Gasteiger partial charge in [0.2, 0.25) is 11.7 Å². The Kier molecular flexibility index (Phi) is 5.18. The van der Waals surface area contributed by atoms with Crippen molar-refractivity contribution in [2.75, 3.05) is 5.32 Å². The third-order valence-electron chi connectivity index (χ3n) is 4.48. The normalized spacial score (nSPS) is 10.3. The maximum Gasteiger partial charge on any atom is 0.245 e. The monoisotopic (exact) mass is 377 g/mol. The fraction of sp³-hybridized carbons (Fsp3) is 0.211. The number of hydrogen-bond donors (Lipinski definition) is 1. The average molecular weight is 377 g/mol. The van der Waals surface area contributed by atoms with E-state index in [1.807, 2.05) is 13.0 Å². The van der Waals surface area contributed by atoms with Gasteiger partial charge < -0.3 is 9.88 Å². The van der Waals surface area contributed by atoms with Crippen molar-refractivity contribution in [3.8, 4) is 12.1 Å². The Hall–Kier alpha value is -3.98. The number of amides is 1. The summed E-state index contributed by atoms with van der Waals surface area (Å²) in [7, 11) is 0. The van der Waals surface area contributed by atoms with Crippen LogP contribution < -0.4 is 5.32 Å². The molecule has 0 spiro atoms. The second-order valence-corrected chi connectivity index (χ2v) is 6.20. The van der Waals surface area contributed by atoms with E-state index >= 15 is 0 Å². The number of carbonyl (C=O) groups is 1. The molecule has 1 aromatic carbocycles. The Morgan fingerprint density at radius 3 is 2.57 bits per heavy atom. The quantitative estimate of drug-likeness (QED) is 0.733. The zero-order chi connectivity index (χ0) is 20.3. The molecule has 0 bridgehead atoms. The molecule has 0 aliphatic rings. The Balaban J connectivity index is 1.92. The number of halogens is 1. The van der Waals surface area contributed by atoms with E-state index in [0.29, 0.717) is 17.9 Å². The van der Waals surface area contributed by atoms with Gasteiger partial charge in [-0.25, -0.2) is 4.39 Å². The molecule has 0 saturated carbocycles. The molecule has 0 atom stereocenters. The molecule has 0 unspecified atom stereocenters. The number of nitrogens with zero attached hydrogens (tertiary/aromatic N) is 6. The summed E-state index contributed by atoms with van der Waals surface area (Å²) < 4.78 is 16.3. The van der Waals surface area contributed by atoms with Crippen LogP contribution in [0.25, 0.3) is 0 Å². The van der Waals surface area contributed by atoms with E-state index in [1.54, 1.807) is 23.6 Å². The van der Waals surface area contributed by atoms with Crippen molar-refractivity contribution in [3.63, 3.8) is 0 Å². The first-order valence-corrected chi connectivity index (χ1v) is 8.36. The second-order valence-electron chi connectivity index (χ2n) is 6.20. The summed E-state index contributed by atoms with van der Waals surface area (Å²) in [6, 6.07) is 10.0. The van der Waals surface area contributed by atoms with Gasteiger partial charge in [-0.05, 0) is 37.1 Å². The van der Waals surface area contributed by atoms with Crippen LogP contribution in [0.5, 0.6) is 0 Å². The molecule has 2 heterocycles. The maximum absolute atomic E-state index is 13.2. The lowest BCUT2D eigenvalue weighted by Crippen LogP contribution is -2.22. The lowest BCUT2D eigenvalue weighted by Gasteiger charge is -2.13. The second kappa shape index (κ2) is 7.72. The van der Waals surface area contributed by atoms with Crippen molar-refractivity contribution < 1.29 is 9.18 Å². The van der Waals surface area contributed by atoms with Gasteiger partial charge in [0.15, 0.2) is 0 Å². The molecule has 3 aromatic rings. The molecule has 0 saturated heterocycles. The number of benzene rings is 1. The van der Waals surface area contributed by atoms with Crippen molar-refractivity contribution in [1.82, 2.24) is 19.3 Å². The summed E-state index contributed by atoms with van der Waals surface area (Å²) >= 11 is 0. The number of hydrogen-bond acceptors (Lipinski definition) is 5. The smallest absolute Gasteiger partial charge is 0.245 e. The third-order valence-corrected chi connectivity index (χ3v) is 4.48. The zero-order valence-electron chi connectivity index (χ0n) is 15.3. The van der Waals surface area contributed by atoms with Crippen molar-refractivity contribution in [1.29, 1.82) is 10.5 Å². The summed E-state index contributed by atoms with van der Waals surface area (Å²) in [4.78, 5) is 12.5. The molecule has 8 nitrogen and oxygen atoms in total. The fourth-order valence-corrected chi connectivity index (χ4v) is 2.88. The maximum atomic E-state index is 13.2. The summed E-state index contributed by atoms with van der Waals surface area (Å²) in [5.74, 6) is -0.383. The molecule has 1 N–H and O–H groups in total. The van der Waals surface area contributed by atoms with E-state index in [0.717, 1.165) is 16.8 Å². The van der Waals surface area contributed by atoms with Gasteiger partial charge in [-0.3, -0.25) is 9.36 Å². The van der Waals surface area contributed by atoms with Crippen LogP contribution in [-0.2, 0) is 17.9 Å². The molecule has 0 fully saturated rings. The summed E-state index contributed by atoms with van der Waals surface area (Å²) in [5.41, 5.74) is 2.75. The lowest BCUT2D eigenvalue weighted by molar-refractivity contribution is -0.116. The fourth-order valence-electron chi connectivity index (χ4n) is 2.88. The van der Waals surface area contributed by atoms with E-state index in [4.69, 9.17) is 5.26 Å². The predicted molar refractivity (Wildman–Crippen MR) is 97.5 cm³/mol. The number of nitriles is 2. The van der Waals surface area contributed by atoms with Crippen LogP contribution in [-0.4, -0.2) is 25.2 Å². The van der Waals surface area contributed by atoms with Crippen LogP contribution in [0.4, 0.5) is 10.2 Å². The van der Waals surface area contributed by atoms with E-state index in [2.05, 4.69) is 21.6 Å². The molecule has 140 valence electrons. The highest BCUT2D eigenvalue weighted by Gasteiger charge is 2.20. The van der Waals surface area contributed by atoms with Crippen molar-refractivity contribution >= 4 is 11.7 Å². The largest absolute Gasteiger partial charge is 0.326 e. The van der Waals surface area contributed by atoms with Crippen LogP contribution in [0.15, 0.2) is 30.6 Å². The highest BCUT2D eigenvalue weighted by molar-refractivity contribution is 5.91. The summed E-state index contributed by atoms with van der Waals surface area (Å²) in [6.45, 7) is 3.85. The molecule has 9 heteroatoms. The first kappa shape index (κ1) is 18.8. The molecular formula is C19H16FN7O. The standard InChI is InChI=1S/C19H16FN7O/c1-12-13(2)27(9-14-3-5-15(20)6-4-14)19(16(12)7-21)24-18(28)10-26-11-23-25-17(26)8-22/h3-6,11H,9-10H2,1-2H3,(H,24,28). The van der Waals surface area contributed by atoms with Gasteiger partial charge in [0, 0.05) is 12.2 Å². The van der Waals surface area contributed by atoms with Gasteiger partial charge in [0.05, 0.1) is 5.56 Å². The lowest BCUT2D eigenvalue weighted by atomic mass is 10.2. The molecule has 3 rings (SSSR count). The van der Waals surface area contributed by atoms with Gasteiger partial charge in [0.25, 0.3) is 0 Å². The van der Waals surface area contributed by atoms with E-state index in [1.165, 1.54) is 23.0 Å². The molecule has 0 aliphatic heterocycles. The molecule has 0 aliphatic carbocycles. The Labute approximate surface area is 160 Å². The summed E-state index contributed by atoms with van der Waals surface area (Å²) in [5, 5.41) is 28.5. The van der Waals surface area contributed by atoms with Crippen LogP contribution in [0.1, 0.15) is 28.2 Å². The van der Waals surface area contributed by atoms with Gasteiger partial charge in [0.1, 0.15) is 36.6 Å². The van der Waals surface area contributed by atoms with Crippen molar-refractivity contribution in [2.24, 2.45) is 0 Å². The number of aromatic nitrogens is 4. The predicted octanol–water partition coefficient (Wildman–Crippen LogP) is 2.27. The first-order chi connectivity index (χ1) is 13.4. The minimum Gasteiger partial charge on any atom is -0.326 e. The number of anilines is 1. The Morgan fingerprint density at radius 1 is 1.21 bits per heavy atom. The zero-order valence-corrected chi connectivity index (χ0v) is 15.3. The van der Waals surface area contributed by atoms with Gasteiger partial charge >= 0.3 is 0 Å².